The van der Waals surface area contributed by atoms with E-state index in [0.29, 0.717) is 6.54 Å². The molecule has 0 aromatic carbocycles. The molecule has 7 heteroatoms. The molecule has 0 aliphatic carbocycles. The van der Waals surface area contributed by atoms with Crippen LogP contribution in [0.15, 0.2) is 40.7 Å². The number of aromatic nitrogens is 1. The Hall–Kier alpha value is -1.44. The Bertz CT molecular complexity index is 623. The summed E-state index contributed by atoms with van der Waals surface area (Å²) < 4.78 is 25.8. The summed E-state index contributed by atoms with van der Waals surface area (Å²) in [5, 5.41) is 1.92. The minimum absolute atomic E-state index is 0.161. The minimum atomic E-state index is -3.52. The number of anilines is 1. The van der Waals surface area contributed by atoms with Crippen molar-refractivity contribution in [2.24, 2.45) is 0 Å². The first kappa shape index (κ1) is 13.0. The number of sulfonamides is 1. The van der Waals surface area contributed by atoms with Gasteiger partial charge in [0.15, 0.2) is 0 Å². The topological polar surface area (TPSA) is 76.3 Å². The van der Waals surface area contributed by atoms with E-state index in [2.05, 4.69) is 4.98 Å². The van der Waals surface area contributed by atoms with Crippen LogP contribution in [0.25, 0.3) is 0 Å². The zero-order valence-electron chi connectivity index (χ0n) is 9.78. The second-order valence-electron chi connectivity index (χ2n) is 3.76. The highest BCUT2D eigenvalue weighted by molar-refractivity contribution is 7.89. The summed E-state index contributed by atoms with van der Waals surface area (Å²) in [6, 6.07) is 6.60. The van der Waals surface area contributed by atoms with Crippen molar-refractivity contribution in [1.29, 1.82) is 0 Å². The number of nitrogen functional groups attached to an aromatic ring is 1. The van der Waals surface area contributed by atoms with Crippen LogP contribution in [-0.4, -0.2) is 24.8 Å². The second kappa shape index (κ2) is 5.05. The van der Waals surface area contributed by atoms with E-state index in [0.717, 1.165) is 4.88 Å². The number of thiophene rings is 1. The van der Waals surface area contributed by atoms with Gasteiger partial charge in [0.05, 0.1) is 4.90 Å². The fourth-order valence-electron chi connectivity index (χ4n) is 1.48. The van der Waals surface area contributed by atoms with Crippen molar-refractivity contribution in [3.63, 3.8) is 0 Å². The smallest absolute Gasteiger partial charge is 0.243 e. The van der Waals surface area contributed by atoms with Gasteiger partial charge in [-0.25, -0.2) is 13.4 Å². The van der Waals surface area contributed by atoms with Gasteiger partial charge in [0, 0.05) is 30.7 Å². The molecule has 0 saturated carbocycles. The largest absolute Gasteiger partial charge is 0.384 e. The predicted molar refractivity (Wildman–Crippen MR) is 71.6 cm³/mol. The van der Waals surface area contributed by atoms with Gasteiger partial charge in [-0.05, 0) is 17.5 Å². The van der Waals surface area contributed by atoms with Gasteiger partial charge >= 0.3 is 0 Å². The first-order chi connectivity index (χ1) is 8.50. The summed E-state index contributed by atoms with van der Waals surface area (Å²) in [6.07, 6.45) is 1.39. The van der Waals surface area contributed by atoms with Crippen molar-refractivity contribution in [3.05, 3.63) is 40.7 Å². The van der Waals surface area contributed by atoms with Crippen LogP contribution < -0.4 is 5.73 Å². The molecule has 18 heavy (non-hydrogen) atoms. The maximum atomic E-state index is 12.3. The van der Waals surface area contributed by atoms with Crippen LogP contribution in [-0.2, 0) is 16.6 Å². The van der Waals surface area contributed by atoms with Crippen LogP contribution >= 0.6 is 11.3 Å². The summed E-state index contributed by atoms with van der Waals surface area (Å²) in [6.45, 7) is 0.349. The minimum Gasteiger partial charge on any atom is -0.384 e. The van der Waals surface area contributed by atoms with Crippen molar-refractivity contribution in [2.75, 3.05) is 12.8 Å². The van der Waals surface area contributed by atoms with Crippen molar-refractivity contribution in [2.45, 2.75) is 11.4 Å². The van der Waals surface area contributed by atoms with Gasteiger partial charge in [0.2, 0.25) is 10.0 Å². The Balaban J connectivity index is 2.25. The molecule has 0 bridgehead atoms. The van der Waals surface area contributed by atoms with Crippen LogP contribution in [0.2, 0.25) is 0 Å². The maximum absolute atomic E-state index is 12.3. The second-order valence-corrected chi connectivity index (χ2v) is 6.83. The molecule has 0 aliphatic rings. The number of pyridine rings is 1. The highest BCUT2D eigenvalue weighted by Gasteiger charge is 2.21. The quantitative estimate of drug-likeness (QED) is 0.923. The SMILES string of the molecule is CN(Cc1cccs1)S(=O)(=O)c1ccnc(N)c1. The van der Waals surface area contributed by atoms with Crippen LogP contribution in [0.3, 0.4) is 0 Å². The standard InChI is InChI=1S/C11H13N3O2S2/c1-14(8-9-3-2-6-17-9)18(15,16)10-4-5-13-11(12)7-10/h2-7H,8H2,1H3,(H2,12,13). The van der Waals surface area contributed by atoms with Crippen molar-refractivity contribution < 1.29 is 8.42 Å². The third kappa shape index (κ3) is 2.69. The van der Waals surface area contributed by atoms with Gasteiger partial charge < -0.3 is 5.73 Å². The third-order valence-corrected chi connectivity index (χ3v) is 5.08. The summed E-state index contributed by atoms with van der Waals surface area (Å²) in [5.41, 5.74) is 5.50. The van der Waals surface area contributed by atoms with Gasteiger partial charge in [-0.1, -0.05) is 6.07 Å². The molecule has 2 aromatic heterocycles. The van der Waals surface area contributed by atoms with E-state index in [1.165, 1.54) is 34.0 Å². The van der Waals surface area contributed by atoms with E-state index in [-0.39, 0.29) is 10.7 Å². The Morgan fingerprint density at radius 3 is 2.83 bits per heavy atom. The zero-order valence-corrected chi connectivity index (χ0v) is 11.4. The number of rotatable bonds is 4. The van der Waals surface area contributed by atoms with E-state index in [4.69, 9.17) is 5.73 Å². The van der Waals surface area contributed by atoms with Gasteiger partial charge in [-0.15, -0.1) is 11.3 Å². The number of hydrogen-bond donors (Lipinski definition) is 1. The average molecular weight is 283 g/mol. The molecule has 0 unspecified atom stereocenters. The summed E-state index contributed by atoms with van der Waals surface area (Å²) in [7, 11) is -1.97. The number of nitrogens with two attached hydrogens (primary N) is 1. The van der Waals surface area contributed by atoms with Crippen LogP contribution in [0.5, 0.6) is 0 Å². The third-order valence-electron chi connectivity index (χ3n) is 2.42. The first-order valence-corrected chi connectivity index (χ1v) is 7.52. The molecule has 0 fully saturated rings. The summed E-state index contributed by atoms with van der Waals surface area (Å²) in [4.78, 5) is 4.94. The summed E-state index contributed by atoms with van der Waals surface area (Å²) in [5.74, 6) is 0.195. The Kier molecular flexibility index (Phi) is 3.65. The fourth-order valence-corrected chi connectivity index (χ4v) is 3.49. The Labute approximate surface area is 110 Å². The molecule has 0 atom stereocenters. The molecule has 5 nitrogen and oxygen atoms in total. The molecular formula is C11H13N3O2S2. The van der Waals surface area contributed by atoms with Crippen molar-refractivity contribution in [3.8, 4) is 0 Å². The highest BCUT2D eigenvalue weighted by Crippen LogP contribution is 2.19. The lowest BCUT2D eigenvalue weighted by atomic mass is 10.5. The Morgan fingerprint density at radius 2 is 2.22 bits per heavy atom. The molecule has 0 aliphatic heterocycles. The average Bonchev–Trinajstić information content (AvgIpc) is 2.81. The van der Waals surface area contributed by atoms with Gasteiger partial charge in [-0.3, -0.25) is 0 Å². The molecule has 0 spiro atoms. The van der Waals surface area contributed by atoms with Crippen LogP contribution in [0, 0.1) is 0 Å². The van der Waals surface area contributed by atoms with Gasteiger partial charge in [0.1, 0.15) is 5.82 Å². The lowest BCUT2D eigenvalue weighted by Gasteiger charge is -2.16. The van der Waals surface area contributed by atoms with E-state index in [9.17, 15) is 8.42 Å². The van der Waals surface area contributed by atoms with Crippen molar-refractivity contribution in [1.82, 2.24) is 9.29 Å². The summed E-state index contributed by atoms with van der Waals surface area (Å²) >= 11 is 1.52. The monoisotopic (exact) mass is 283 g/mol. The van der Waals surface area contributed by atoms with E-state index in [1.807, 2.05) is 17.5 Å². The first-order valence-electron chi connectivity index (χ1n) is 5.20. The predicted octanol–water partition coefficient (Wildman–Crippen LogP) is 1.55. The van der Waals surface area contributed by atoms with E-state index in [1.54, 1.807) is 7.05 Å². The van der Waals surface area contributed by atoms with E-state index < -0.39 is 10.0 Å². The molecule has 0 amide bonds. The highest BCUT2D eigenvalue weighted by atomic mass is 32.2. The van der Waals surface area contributed by atoms with Gasteiger partial charge in [0.25, 0.3) is 0 Å². The van der Waals surface area contributed by atoms with E-state index >= 15 is 0 Å². The van der Waals surface area contributed by atoms with Crippen LogP contribution in [0.4, 0.5) is 5.82 Å². The van der Waals surface area contributed by atoms with Crippen molar-refractivity contribution >= 4 is 27.2 Å². The number of nitrogens with zero attached hydrogens (tertiary/aromatic N) is 2. The number of hydrogen-bond acceptors (Lipinski definition) is 5. The van der Waals surface area contributed by atoms with Gasteiger partial charge in [-0.2, -0.15) is 4.31 Å². The molecule has 0 saturated heterocycles. The molecule has 2 rings (SSSR count). The molecule has 2 heterocycles. The normalized spacial score (nSPS) is 11.9. The molecule has 0 radical (unpaired) electrons. The van der Waals surface area contributed by atoms with Crippen LogP contribution in [0.1, 0.15) is 4.88 Å². The lowest BCUT2D eigenvalue weighted by Crippen LogP contribution is -2.26. The molecule has 2 N–H and O–H groups in total. The molecule has 96 valence electrons. The lowest BCUT2D eigenvalue weighted by molar-refractivity contribution is 0.469. The maximum Gasteiger partial charge on any atom is 0.243 e. The Morgan fingerprint density at radius 1 is 1.44 bits per heavy atom. The fraction of sp³-hybridized carbons (Fsp3) is 0.182. The molecule has 2 aromatic rings. The molecular weight excluding hydrogens is 270 g/mol. The zero-order chi connectivity index (χ0) is 13.2.